The largest absolute Gasteiger partial charge is 0.461 e. The van der Waals surface area contributed by atoms with Gasteiger partial charge in [-0.3, -0.25) is 9.69 Å². The maximum Gasteiger partial charge on any atom is 0.311 e. The number of likely N-dealkylation sites (N-methyl/N-ethyl adjacent to an activating group) is 1. The summed E-state index contributed by atoms with van der Waals surface area (Å²) >= 11 is 0. The van der Waals surface area contributed by atoms with Crippen molar-refractivity contribution in [3.05, 3.63) is 89.6 Å². The van der Waals surface area contributed by atoms with Gasteiger partial charge in [-0.05, 0) is 55.8 Å². The molecule has 10 heteroatoms. The van der Waals surface area contributed by atoms with Crippen LogP contribution in [0.3, 0.4) is 0 Å². The molecule has 1 N–H and O–H groups in total. The topological polar surface area (TPSA) is 109 Å². The number of nitrogens with zero attached hydrogens (tertiary/aromatic N) is 7. The Morgan fingerprint density at radius 2 is 1.68 bits per heavy atom. The number of hydrogen-bond acceptors (Lipinski definition) is 10. The molecule has 2 fully saturated rings. The Balaban J connectivity index is 1.00. The molecule has 2 saturated heterocycles. The highest BCUT2D eigenvalue weighted by atomic mass is 16.5. The highest BCUT2D eigenvalue weighted by molar-refractivity contribution is 5.74. The minimum atomic E-state index is -0.0444. The van der Waals surface area contributed by atoms with E-state index in [2.05, 4.69) is 71.3 Å². The summed E-state index contributed by atoms with van der Waals surface area (Å²) in [5.41, 5.74) is 3.99. The van der Waals surface area contributed by atoms with Gasteiger partial charge in [0.05, 0.1) is 5.92 Å². The Hall–Kier alpha value is -4.28. The van der Waals surface area contributed by atoms with Crippen molar-refractivity contribution in [3.63, 3.8) is 0 Å². The molecule has 0 bridgehead atoms. The molecule has 2 aliphatic rings. The summed E-state index contributed by atoms with van der Waals surface area (Å²) in [6.07, 6.45) is 5.06. The fourth-order valence-electron chi connectivity index (χ4n) is 5.21. The number of aromatic nitrogens is 5. The standard InChI is InChI=1S/C31H34N8O2/c1-21-4-3-5-26(34-21)30-33-14-11-28(37-30)35-27-10-13-32-29(36-27)16-22-6-8-23(9-7-22)17-39-18-24(19-39)31(40)41-25-12-15-38(2)20-25/h3-11,13-14,24-25H,12,15-20H2,1-2H3,(H,32,33,35,36,37)/t25-/m1/s1. The van der Waals surface area contributed by atoms with Gasteiger partial charge >= 0.3 is 5.97 Å². The highest BCUT2D eigenvalue weighted by Gasteiger charge is 2.35. The van der Waals surface area contributed by atoms with Gasteiger partial charge in [-0.2, -0.15) is 0 Å². The van der Waals surface area contributed by atoms with Crippen LogP contribution >= 0.6 is 0 Å². The van der Waals surface area contributed by atoms with E-state index in [1.54, 1.807) is 18.5 Å². The third-order valence-corrected chi connectivity index (χ3v) is 7.45. The number of rotatable bonds is 9. The molecule has 0 radical (unpaired) electrons. The van der Waals surface area contributed by atoms with Crippen LogP contribution in [-0.4, -0.2) is 80.0 Å². The quantitative estimate of drug-likeness (QED) is 0.310. The van der Waals surface area contributed by atoms with Crippen LogP contribution in [0.1, 0.15) is 29.1 Å². The van der Waals surface area contributed by atoms with E-state index >= 15 is 0 Å². The van der Waals surface area contributed by atoms with Gasteiger partial charge in [0.25, 0.3) is 0 Å². The van der Waals surface area contributed by atoms with E-state index in [-0.39, 0.29) is 18.0 Å². The van der Waals surface area contributed by atoms with Gasteiger partial charge < -0.3 is 15.0 Å². The molecule has 1 aromatic carbocycles. The van der Waals surface area contributed by atoms with Gasteiger partial charge in [0.15, 0.2) is 5.82 Å². The zero-order valence-electron chi connectivity index (χ0n) is 23.4. The maximum atomic E-state index is 12.4. The normalized spacial score (nSPS) is 17.8. The molecule has 41 heavy (non-hydrogen) atoms. The Morgan fingerprint density at radius 3 is 2.44 bits per heavy atom. The summed E-state index contributed by atoms with van der Waals surface area (Å²) in [7, 11) is 2.06. The first kappa shape index (κ1) is 26.9. The number of hydrogen-bond donors (Lipinski definition) is 1. The molecule has 0 spiro atoms. The van der Waals surface area contributed by atoms with Crippen molar-refractivity contribution < 1.29 is 9.53 Å². The Kier molecular flexibility index (Phi) is 7.93. The van der Waals surface area contributed by atoms with Crippen LogP contribution in [0.15, 0.2) is 67.0 Å². The SMILES string of the molecule is Cc1cccc(-c2nccc(Nc3ccnc(Cc4ccc(CN5CC(C(=O)O[C@@H]6CCN(C)C6)C5)cc4)n3)n2)n1. The number of anilines is 2. The summed E-state index contributed by atoms with van der Waals surface area (Å²) in [6.45, 7) is 6.12. The second-order valence-corrected chi connectivity index (χ2v) is 10.9. The fraction of sp³-hybridized carbons (Fsp3) is 0.355. The first-order valence-corrected chi connectivity index (χ1v) is 14.0. The lowest BCUT2D eigenvalue weighted by molar-refractivity contribution is -0.159. The monoisotopic (exact) mass is 550 g/mol. The molecule has 3 aromatic heterocycles. The zero-order valence-corrected chi connectivity index (χ0v) is 23.4. The van der Waals surface area contributed by atoms with E-state index < -0.39 is 0 Å². The van der Waals surface area contributed by atoms with Crippen LogP contribution in [0.2, 0.25) is 0 Å². The molecule has 0 unspecified atom stereocenters. The number of likely N-dealkylation sites (tertiary alicyclic amines) is 2. The molecule has 210 valence electrons. The van der Waals surface area contributed by atoms with Crippen molar-refractivity contribution in [3.8, 4) is 11.5 Å². The van der Waals surface area contributed by atoms with Crippen LogP contribution in [0.4, 0.5) is 11.6 Å². The van der Waals surface area contributed by atoms with Crippen LogP contribution < -0.4 is 5.32 Å². The number of benzene rings is 1. The molecule has 2 aliphatic heterocycles. The molecule has 5 heterocycles. The Bertz CT molecular complexity index is 1510. The number of carbonyl (C=O) groups is 1. The van der Waals surface area contributed by atoms with Gasteiger partial charge in [-0.15, -0.1) is 0 Å². The minimum Gasteiger partial charge on any atom is -0.461 e. The second kappa shape index (κ2) is 12.1. The first-order valence-electron chi connectivity index (χ1n) is 14.0. The van der Waals surface area contributed by atoms with Gasteiger partial charge in [0.2, 0.25) is 0 Å². The van der Waals surface area contributed by atoms with Crippen LogP contribution in [0.5, 0.6) is 0 Å². The van der Waals surface area contributed by atoms with Crippen molar-refractivity contribution in [2.24, 2.45) is 5.92 Å². The smallest absolute Gasteiger partial charge is 0.311 e. The van der Waals surface area contributed by atoms with Crippen molar-refractivity contribution in [2.75, 3.05) is 38.5 Å². The van der Waals surface area contributed by atoms with Crippen LogP contribution in [0, 0.1) is 12.8 Å². The van der Waals surface area contributed by atoms with Crippen molar-refractivity contribution in [2.45, 2.75) is 32.4 Å². The van der Waals surface area contributed by atoms with E-state index in [1.807, 2.05) is 31.2 Å². The van der Waals surface area contributed by atoms with Gasteiger partial charge in [0, 0.05) is 57.2 Å². The maximum absolute atomic E-state index is 12.4. The summed E-state index contributed by atoms with van der Waals surface area (Å²) < 4.78 is 5.69. The molecule has 10 nitrogen and oxygen atoms in total. The molecule has 4 aromatic rings. The number of pyridine rings is 1. The summed E-state index contributed by atoms with van der Waals surface area (Å²) in [5, 5.41) is 3.26. The molecule has 0 saturated carbocycles. The predicted molar refractivity (Wildman–Crippen MR) is 155 cm³/mol. The number of nitrogens with one attached hydrogen (secondary N) is 1. The van der Waals surface area contributed by atoms with Crippen molar-refractivity contribution in [1.82, 2.24) is 34.7 Å². The van der Waals surface area contributed by atoms with E-state index in [1.165, 1.54) is 5.56 Å². The minimum absolute atomic E-state index is 0.00801. The van der Waals surface area contributed by atoms with Crippen LogP contribution in [-0.2, 0) is 22.5 Å². The average molecular weight is 551 g/mol. The average Bonchev–Trinajstić information content (AvgIpc) is 3.36. The third-order valence-electron chi connectivity index (χ3n) is 7.45. The molecule has 1 atom stereocenters. The van der Waals surface area contributed by atoms with Gasteiger partial charge in [-0.1, -0.05) is 30.3 Å². The lowest BCUT2D eigenvalue weighted by Crippen LogP contribution is -2.50. The third kappa shape index (κ3) is 6.90. The fourth-order valence-corrected chi connectivity index (χ4v) is 5.21. The summed E-state index contributed by atoms with van der Waals surface area (Å²) in [4.78, 5) is 39.5. The van der Waals surface area contributed by atoms with Crippen molar-refractivity contribution >= 4 is 17.6 Å². The zero-order chi connectivity index (χ0) is 28.2. The number of aryl methyl sites for hydroxylation is 1. The highest BCUT2D eigenvalue weighted by Crippen LogP contribution is 2.23. The van der Waals surface area contributed by atoms with Crippen LogP contribution in [0.25, 0.3) is 11.5 Å². The molecule has 0 amide bonds. The van der Waals surface area contributed by atoms with Gasteiger partial charge in [0.1, 0.15) is 29.3 Å². The van der Waals surface area contributed by atoms with E-state index in [0.29, 0.717) is 23.9 Å². The lowest BCUT2D eigenvalue weighted by atomic mass is 9.99. The number of carbonyl (C=O) groups excluding carboxylic acids is 1. The number of ether oxygens (including phenoxy) is 1. The predicted octanol–water partition coefficient (Wildman–Crippen LogP) is 3.65. The summed E-state index contributed by atoms with van der Waals surface area (Å²) in [6, 6.07) is 17.9. The Labute approximate surface area is 239 Å². The second-order valence-electron chi connectivity index (χ2n) is 10.9. The van der Waals surface area contributed by atoms with E-state index in [0.717, 1.165) is 61.9 Å². The van der Waals surface area contributed by atoms with Crippen molar-refractivity contribution in [1.29, 1.82) is 0 Å². The number of esters is 1. The first-order chi connectivity index (χ1) is 20.0. The summed E-state index contributed by atoms with van der Waals surface area (Å²) in [5.74, 6) is 2.52. The van der Waals surface area contributed by atoms with Gasteiger partial charge in [-0.25, -0.2) is 24.9 Å². The molecular formula is C31H34N8O2. The molecule has 0 aliphatic carbocycles. The van der Waals surface area contributed by atoms with E-state index in [4.69, 9.17) is 4.74 Å². The molecule has 6 rings (SSSR count). The van der Waals surface area contributed by atoms with E-state index in [9.17, 15) is 4.79 Å². The molecular weight excluding hydrogens is 516 g/mol. The Morgan fingerprint density at radius 1 is 0.927 bits per heavy atom. The lowest BCUT2D eigenvalue weighted by Gasteiger charge is -2.38.